The van der Waals surface area contributed by atoms with Crippen LogP contribution in [-0.4, -0.2) is 60.2 Å². The second kappa shape index (κ2) is 18.0. The highest BCUT2D eigenvalue weighted by Crippen LogP contribution is 2.41. The lowest BCUT2D eigenvalue weighted by Gasteiger charge is -2.38. The average Bonchev–Trinajstić information content (AvgIpc) is 3.25. The van der Waals surface area contributed by atoms with Crippen molar-refractivity contribution in [2.75, 3.05) is 19.0 Å². The first-order valence-corrected chi connectivity index (χ1v) is 20.2. The number of halogens is 2. The maximum atomic E-state index is 14.2. The van der Waals surface area contributed by atoms with Gasteiger partial charge in [-0.15, -0.1) is 0 Å². The van der Waals surface area contributed by atoms with Crippen molar-refractivity contribution >= 4 is 52.8 Å². The Bertz CT molecular complexity index is 2520. The van der Waals surface area contributed by atoms with Crippen LogP contribution in [0.3, 0.4) is 0 Å². The Morgan fingerprint density at radius 2 is 1.54 bits per heavy atom. The number of methoxy groups -OCH3 is 1. The number of hydrogen-bond acceptors (Lipinski definition) is 9. The summed E-state index contributed by atoms with van der Waals surface area (Å²) in [6.45, 7) is 5.46. The van der Waals surface area contributed by atoms with Crippen LogP contribution in [0.2, 0.25) is 10.0 Å². The van der Waals surface area contributed by atoms with Crippen LogP contribution in [0.25, 0.3) is 11.1 Å². The molecule has 0 saturated heterocycles. The quantitative estimate of drug-likeness (QED) is 0.138. The first-order chi connectivity index (χ1) is 29.2. The molecule has 12 nitrogen and oxygen atoms in total. The van der Waals surface area contributed by atoms with Crippen LogP contribution in [0.15, 0.2) is 103 Å². The van der Waals surface area contributed by atoms with E-state index < -0.39 is 41.8 Å². The minimum atomic E-state index is -1.05. The number of nitrogens with one attached hydrogen (secondary N) is 2. The van der Waals surface area contributed by atoms with Gasteiger partial charge in [-0.3, -0.25) is 14.5 Å². The Labute approximate surface area is 363 Å². The van der Waals surface area contributed by atoms with Gasteiger partial charge in [0.05, 0.1) is 35.3 Å². The van der Waals surface area contributed by atoms with Gasteiger partial charge in [0.25, 0.3) is 5.91 Å². The molecule has 3 atom stereocenters. The summed E-state index contributed by atoms with van der Waals surface area (Å²) in [5.74, 6) is -0.569. The molecule has 5 aromatic rings. The van der Waals surface area contributed by atoms with E-state index in [4.69, 9.17) is 47.4 Å². The monoisotopic (exact) mass is 860 g/mol. The standard InChI is InChI=1S/C47H42Cl2N4O8/c1-47(2,3)61-46(57)53-25-34-23-41-40(59-26-42(60-41)31-13-16-35(17-14-31)51-43(54)32-15-18-36(48)37(49)20-32)22-33(34)21-39(53)44(55)52-38(45(56)58-4)19-27-5-9-29(10-6-27)30-11-7-28(24-50)8-12-30/h5-18,20,22-23,38-39,42H,19,21,25-26H2,1-4H3,(H,51,54)(H,52,55)/t38-,39?,42?/m0/s1. The third-order valence-electron chi connectivity index (χ3n) is 10.3. The van der Waals surface area contributed by atoms with E-state index in [0.717, 1.165) is 33.4 Å². The lowest BCUT2D eigenvalue weighted by atomic mass is 9.92. The molecule has 2 aliphatic rings. The molecular weight excluding hydrogens is 819 g/mol. The minimum Gasteiger partial charge on any atom is -0.485 e. The summed E-state index contributed by atoms with van der Waals surface area (Å²) in [6.07, 6.45) is -0.914. The molecule has 61 heavy (non-hydrogen) atoms. The first kappa shape index (κ1) is 42.6. The lowest BCUT2D eigenvalue weighted by molar-refractivity contribution is -0.145. The van der Waals surface area contributed by atoms with Crippen LogP contribution in [0.5, 0.6) is 11.5 Å². The number of esters is 1. The van der Waals surface area contributed by atoms with E-state index in [2.05, 4.69) is 16.7 Å². The van der Waals surface area contributed by atoms with Gasteiger partial charge in [0.1, 0.15) is 24.3 Å². The van der Waals surface area contributed by atoms with Gasteiger partial charge in [0, 0.05) is 24.1 Å². The van der Waals surface area contributed by atoms with Gasteiger partial charge in [0.2, 0.25) is 5.91 Å². The van der Waals surface area contributed by atoms with E-state index in [9.17, 15) is 19.2 Å². The molecule has 2 heterocycles. The summed E-state index contributed by atoms with van der Waals surface area (Å²) in [7, 11) is 1.25. The van der Waals surface area contributed by atoms with Crippen molar-refractivity contribution in [2.24, 2.45) is 0 Å². The number of carbonyl (C=O) groups excluding carboxylic acids is 4. The zero-order chi connectivity index (χ0) is 43.4. The molecular formula is C47H42Cl2N4O8. The summed E-state index contributed by atoms with van der Waals surface area (Å²) in [6, 6.07) is 30.3. The van der Waals surface area contributed by atoms with Gasteiger partial charge in [-0.05, 0) is 109 Å². The number of benzene rings is 5. The smallest absolute Gasteiger partial charge is 0.411 e. The van der Waals surface area contributed by atoms with Crippen molar-refractivity contribution in [3.63, 3.8) is 0 Å². The predicted octanol–water partition coefficient (Wildman–Crippen LogP) is 8.86. The molecule has 0 fully saturated rings. The molecule has 0 aliphatic carbocycles. The number of nitriles is 1. The summed E-state index contributed by atoms with van der Waals surface area (Å²) in [5.41, 5.74) is 5.60. The molecule has 0 bridgehead atoms. The number of ether oxygens (including phenoxy) is 4. The van der Waals surface area contributed by atoms with Gasteiger partial charge >= 0.3 is 12.1 Å². The number of anilines is 1. The van der Waals surface area contributed by atoms with Crippen molar-refractivity contribution in [3.05, 3.63) is 147 Å². The van der Waals surface area contributed by atoms with Gasteiger partial charge < -0.3 is 29.6 Å². The van der Waals surface area contributed by atoms with E-state index in [-0.39, 0.29) is 36.9 Å². The van der Waals surface area contributed by atoms with Crippen molar-refractivity contribution in [1.82, 2.24) is 10.2 Å². The van der Waals surface area contributed by atoms with Crippen molar-refractivity contribution < 1.29 is 38.1 Å². The zero-order valence-corrected chi connectivity index (χ0v) is 35.3. The molecule has 2 N–H and O–H groups in total. The average molecular weight is 862 g/mol. The molecule has 312 valence electrons. The molecule has 0 radical (unpaired) electrons. The van der Waals surface area contributed by atoms with Crippen LogP contribution in [0.4, 0.5) is 10.5 Å². The highest BCUT2D eigenvalue weighted by molar-refractivity contribution is 6.42. The topological polar surface area (TPSA) is 156 Å². The molecule has 2 aliphatic heterocycles. The number of hydrogen-bond donors (Lipinski definition) is 2. The van der Waals surface area contributed by atoms with E-state index >= 15 is 0 Å². The van der Waals surface area contributed by atoms with E-state index in [1.54, 1.807) is 57.2 Å². The van der Waals surface area contributed by atoms with Gasteiger partial charge in [-0.25, -0.2) is 9.59 Å². The largest absolute Gasteiger partial charge is 0.485 e. The zero-order valence-electron chi connectivity index (χ0n) is 33.8. The second-order valence-corrected chi connectivity index (χ2v) is 16.5. The fraction of sp³-hybridized carbons (Fsp3) is 0.255. The Kier molecular flexibility index (Phi) is 12.5. The van der Waals surface area contributed by atoms with Crippen molar-refractivity contribution in [1.29, 1.82) is 5.26 Å². The molecule has 0 spiro atoms. The van der Waals surface area contributed by atoms with Gasteiger partial charge in [-0.2, -0.15) is 5.26 Å². The van der Waals surface area contributed by atoms with Crippen LogP contribution < -0.4 is 20.1 Å². The Morgan fingerprint density at radius 3 is 2.18 bits per heavy atom. The molecule has 5 aromatic carbocycles. The maximum absolute atomic E-state index is 14.2. The van der Waals surface area contributed by atoms with Crippen LogP contribution in [0.1, 0.15) is 65.1 Å². The number of rotatable bonds is 9. The summed E-state index contributed by atoms with van der Waals surface area (Å²) < 4.78 is 23.5. The lowest BCUT2D eigenvalue weighted by Crippen LogP contribution is -2.56. The molecule has 14 heteroatoms. The van der Waals surface area contributed by atoms with Gasteiger partial charge in [-0.1, -0.05) is 71.7 Å². The SMILES string of the molecule is COC(=O)[C@H](Cc1ccc(-c2ccc(C#N)cc2)cc1)NC(=O)C1Cc2cc3c(cc2CN1C(=O)OC(C)(C)C)OC(c1ccc(NC(=O)c2ccc(Cl)c(Cl)c2)cc1)CO3. The number of carbonyl (C=O) groups is 4. The highest BCUT2D eigenvalue weighted by Gasteiger charge is 2.40. The van der Waals surface area contributed by atoms with Gasteiger partial charge in [0.15, 0.2) is 17.6 Å². The summed E-state index contributed by atoms with van der Waals surface area (Å²) in [5, 5.41) is 15.5. The Balaban J connectivity index is 1.06. The predicted molar refractivity (Wildman–Crippen MR) is 230 cm³/mol. The Morgan fingerprint density at radius 1 is 0.869 bits per heavy atom. The summed E-state index contributed by atoms with van der Waals surface area (Å²) >= 11 is 12.1. The first-order valence-electron chi connectivity index (χ1n) is 19.5. The second-order valence-electron chi connectivity index (χ2n) is 15.7. The van der Waals surface area contributed by atoms with E-state index in [1.807, 2.05) is 60.7 Å². The molecule has 2 unspecified atom stereocenters. The summed E-state index contributed by atoms with van der Waals surface area (Å²) in [4.78, 5) is 55.2. The van der Waals surface area contributed by atoms with Crippen LogP contribution in [-0.2, 0) is 38.4 Å². The highest BCUT2D eigenvalue weighted by atomic mass is 35.5. The minimum absolute atomic E-state index is 0.0244. The fourth-order valence-electron chi connectivity index (χ4n) is 7.09. The third-order valence-corrected chi connectivity index (χ3v) is 11.0. The molecule has 0 saturated carbocycles. The van der Waals surface area contributed by atoms with Crippen molar-refractivity contribution in [3.8, 4) is 28.7 Å². The number of nitrogens with zero attached hydrogens (tertiary/aromatic N) is 2. The number of fused-ring (bicyclic) bond motifs is 2. The Hall–Kier alpha value is -6.55. The fourth-order valence-corrected chi connectivity index (χ4v) is 7.39. The maximum Gasteiger partial charge on any atom is 0.411 e. The van der Waals surface area contributed by atoms with Crippen molar-refractivity contribution in [2.45, 2.75) is 63.9 Å². The third kappa shape index (κ3) is 10.1. The normalized spacial score (nSPS) is 16.0. The van der Waals surface area contributed by atoms with Crippen LogP contribution in [0, 0.1) is 11.3 Å². The molecule has 0 aromatic heterocycles. The van der Waals surface area contributed by atoms with Crippen LogP contribution >= 0.6 is 23.2 Å². The number of amides is 3. The van der Waals surface area contributed by atoms with E-state index in [0.29, 0.717) is 33.3 Å². The van der Waals surface area contributed by atoms with E-state index in [1.165, 1.54) is 18.1 Å². The molecule has 7 rings (SSSR count). The molecule has 3 amide bonds.